The summed E-state index contributed by atoms with van der Waals surface area (Å²) >= 11 is 6.01. The molecule has 0 N–H and O–H groups in total. The lowest BCUT2D eigenvalue weighted by Gasteiger charge is -2.28. The Balaban J connectivity index is 1.42. The highest BCUT2D eigenvalue weighted by Crippen LogP contribution is 2.35. The van der Waals surface area contributed by atoms with Crippen LogP contribution in [0.4, 0.5) is 8.78 Å². The zero-order valence-electron chi connectivity index (χ0n) is 15.9. The molecule has 2 heterocycles. The Labute approximate surface area is 172 Å². The average molecular weight is 419 g/mol. The first-order chi connectivity index (χ1) is 14.0. The van der Waals surface area contributed by atoms with Crippen LogP contribution in [0.25, 0.3) is 5.69 Å². The molecule has 0 atom stereocenters. The van der Waals surface area contributed by atoms with Crippen LogP contribution in [0, 0.1) is 6.92 Å². The van der Waals surface area contributed by atoms with Gasteiger partial charge in [0, 0.05) is 34.5 Å². The number of hydrogen-bond donors (Lipinski definition) is 0. The van der Waals surface area contributed by atoms with Crippen molar-refractivity contribution in [1.29, 1.82) is 0 Å². The molecule has 1 aliphatic rings. The van der Waals surface area contributed by atoms with Gasteiger partial charge in [0.05, 0.1) is 0 Å². The van der Waals surface area contributed by atoms with E-state index in [9.17, 15) is 8.78 Å². The molecule has 4 rings (SSSR count). The molecule has 1 saturated carbocycles. The molecule has 0 bridgehead atoms. The third-order valence-electron chi connectivity index (χ3n) is 5.27. The number of aryl methyl sites for hydroxylation is 1. The van der Waals surface area contributed by atoms with Crippen molar-refractivity contribution in [3.63, 3.8) is 0 Å². The van der Waals surface area contributed by atoms with Crippen molar-refractivity contribution in [3.05, 3.63) is 64.8 Å². The van der Waals surface area contributed by atoms with Crippen LogP contribution >= 0.6 is 11.6 Å². The van der Waals surface area contributed by atoms with Crippen molar-refractivity contribution in [3.8, 4) is 11.6 Å². The quantitative estimate of drug-likeness (QED) is 0.536. The van der Waals surface area contributed by atoms with Gasteiger partial charge in [0.1, 0.15) is 17.8 Å². The fraction of sp³-hybridized carbons (Fsp3) is 0.381. The van der Waals surface area contributed by atoms with Gasteiger partial charge in [-0.25, -0.2) is 13.8 Å². The normalized spacial score (nSPS) is 19.5. The third kappa shape index (κ3) is 4.40. The lowest BCUT2D eigenvalue weighted by atomic mass is 9.86. The van der Waals surface area contributed by atoms with Crippen LogP contribution in [0.2, 0.25) is 5.02 Å². The Morgan fingerprint density at radius 1 is 1.03 bits per heavy atom. The van der Waals surface area contributed by atoms with E-state index in [0.717, 1.165) is 43.0 Å². The minimum Gasteiger partial charge on any atom is -0.474 e. The second kappa shape index (κ2) is 8.45. The van der Waals surface area contributed by atoms with Gasteiger partial charge < -0.3 is 4.74 Å². The maximum atomic E-state index is 12.6. The Kier molecular flexibility index (Phi) is 5.76. The van der Waals surface area contributed by atoms with Gasteiger partial charge in [-0.1, -0.05) is 11.6 Å². The third-order valence-corrected chi connectivity index (χ3v) is 5.52. The minimum absolute atomic E-state index is 0.0177. The zero-order valence-corrected chi connectivity index (χ0v) is 16.7. The van der Waals surface area contributed by atoms with Crippen LogP contribution in [0.5, 0.6) is 5.88 Å². The smallest absolute Gasteiger partial charge is 0.265 e. The van der Waals surface area contributed by atoms with Crippen molar-refractivity contribution >= 4 is 11.6 Å². The molecular weight excluding hydrogens is 398 g/mol. The highest BCUT2D eigenvalue weighted by atomic mass is 35.5. The number of alkyl halides is 2. The Morgan fingerprint density at radius 2 is 1.76 bits per heavy atom. The lowest BCUT2D eigenvalue weighted by Crippen LogP contribution is -2.25. The molecule has 8 heteroatoms. The van der Waals surface area contributed by atoms with Crippen molar-refractivity contribution in [1.82, 2.24) is 19.7 Å². The average Bonchev–Trinajstić information content (AvgIpc) is 3.11. The van der Waals surface area contributed by atoms with E-state index in [1.807, 2.05) is 31.2 Å². The van der Waals surface area contributed by atoms with Crippen LogP contribution in [0.15, 0.2) is 42.6 Å². The maximum Gasteiger partial charge on any atom is 0.265 e. The molecule has 2 aromatic heterocycles. The largest absolute Gasteiger partial charge is 0.474 e. The molecule has 1 aromatic carbocycles. The van der Waals surface area contributed by atoms with Crippen LogP contribution in [-0.2, 0) is 0 Å². The number of ether oxygens (including phenoxy) is 1. The second-order valence-corrected chi connectivity index (χ2v) is 7.68. The second-order valence-electron chi connectivity index (χ2n) is 7.24. The van der Waals surface area contributed by atoms with Gasteiger partial charge in [-0.2, -0.15) is 0 Å². The van der Waals surface area contributed by atoms with Crippen molar-refractivity contribution in [2.45, 2.75) is 51.1 Å². The van der Waals surface area contributed by atoms with E-state index in [1.54, 1.807) is 0 Å². The van der Waals surface area contributed by atoms with Crippen molar-refractivity contribution in [2.75, 3.05) is 0 Å². The monoisotopic (exact) mass is 418 g/mol. The number of halogens is 3. The molecule has 0 unspecified atom stereocenters. The van der Waals surface area contributed by atoms with E-state index in [4.69, 9.17) is 16.3 Å². The molecule has 0 amide bonds. The van der Waals surface area contributed by atoms with Crippen LogP contribution in [0.1, 0.15) is 55.2 Å². The number of aromatic nitrogens is 4. The first-order valence-electron chi connectivity index (χ1n) is 9.60. The van der Waals surface area contributed by atoms with Crippen LogP contribution < -0.4 is 4.74 Å². The predicted octanol–water partition coefficient (Wildman–Crippen LogP) is 5.67. The van der Waals surface area contributed by atoms with Crippen LogP contribution in [-0.4, -0.2) is 25.9 Å². The summed E-state index contributed by atoms with van der Waals surface area (Å²) in [6.45, 7) is 1.94. The van der Waals surface area contributed by atoms with Crippen molar-refractivity contribution in [2.24, 2.45) is 0 Å². The molecule has 1 fully saturated rings. The van der Waals surface area contributed by atoms with E-state index in [1.165, 1.54) is 18.3 Å². The Bertz CT molecular complexity index is 952. The fourth-order valence-electron chi connectivity index (χ4n) is 3.75. The number of rotatable bonds is 5. The molecule has 0 radical (unpaired) electrons. The van der Waals surface area contributed by atoms with Gasteiger partial charge in [-0.15, -0.1) is 10.2 Å². The van der Waals surface area contributed by atoms with Gasteiger partial charge in [-0.3, -0.25) is 4.57 Å². The number of hydrogen-bond acceptors (Lipinski definition) is 4. The molecule has 0 aliphatic heterocycles. The maximum absolute atomic E-state index is 12.6. The van der Waals surface area contributed by atoms with E-state index in [2.05, 4.69) is 19.7 Å². The standard InChI is InChI=1S/C21H21ClF2N4O/c1-13-26-27-21(28(13)17-7-5-16(22)6-8-17)14-2-9-18(10-3-14)29-19-11-4-15(12-25-19)20(23)24/h4-8,11-12,14,18,20H,2-3,9-10H2,1H3. The van der Waals surface area contributed by atoms with E-state index in [0.29, 0.717) is 10.9 Å². The highest BCUT2D eigenvalue weighted by molar-refractivity contribution is 6.30. The SMILES string of the molecule is Cc1nnc(C2CCC(Oc3ccc(C(F)F)cn3)CC2)n1-c1ccc(Cl)cc1. The Morgan fingerprint density at radius 3 is 2.38 bits per heavy atom. The molecule has 0 spiro atoms. The summed E-state index contributed by atoms with van der Waals surface area (Å²) < 4.78 is 33.2. The first kappa shape index (κ1) is 19.8. The van der Waals surface area contributed by atoms with Gasteiger partial charge >= 0.3 is 0 Å². The summed E-state index contributed by atoms with van der Waals surface area (Å²) in [6.07, 6.45) is 2.17. The van der Waals surface area contributed by atoms with Gasteiger partial charge in [0.2, 0.25) is 5.88 Å². The summed E-state index contributed by atoms with van der Waals surface area (Å²) in [5.74, 6) is 2.45. The molecule has 5 nitrogen and oxygen atoms in total. The minimum atomic E-state index is -2.52. The summed E-state index contributed by atoms with van der Waals surface area (Å²) in [7, 11) is 0. The lowest BCUT2D eigenvalue weighted by molar-refractivity contribution is 0.137. The first-order valence-corrected chi connectivity index (χ1v) is 9.97. The highest BCUT2D eigenvalue weighted by Gasteiger charge is 2.28. The number of nitrogens with zero attached hydrogens (tertiary/aromatic N) is 4. The molecular formula is C21H21ClF2N4O. The molecule has 1 aliphatic carbocycles. The zero-order chi connectivity index (χ0) is 20.4. The molecule has 0 saturated heterocycles. The van der Waals surface area contributed by atoms with Gasteiger partial charge in [-0.05, 0) is 62.9 Å². The van der Waals surface area contributed by atoms with Gasteiger partial charge in [0.25, 0.3) is 6.43 Å². The summed E-state index contributed by atoms with van der Waals surface area (Å²) in [5.41, 5.74) is 0.895. The van der Waals surface area contributed by atoms with Gasteiger partial charge in [0.15, 0.2) is 0 Å². The predicted molar refractivity (Wildman–Crippen MR) is 106 cm³/mol. The Hall–Kier alpha value is -2.54. The van der Waals surface area contributed by atoms with Crippen molar-refractivity contribution < 1.29 is 13.5 Å². The number of pyridine rings is 1. The number of benzene rings is 1. The fourth-order valence-corrected chi connectivity index (χ4v) is 3.88. The van der Waals surface area contributed by atoms with E-state index in [-0.39, 0.29) is 17.6 Å². The topological polar surface area (TPSA) is 52.8 Å². The molecule has 3 aromatic rings. The van der Waals surface area contributed by atoms with E-state index < -0.39 is 6.43 Å². The molecule has 152 valence electrons. The van der Waals surface area contributed by atoms with E-state index >= 15 is 0 Å². The summed E-state index contributed by atoms with van der Waals surface area (Å²) in [6, 6.07) is 10.5. The molecule has 29 heavy (non-hydrogen) atoms. The summed E-state index contributed by atoms with van der Waals surface area (Å²) in [5, 5.41) is 9.40. The summed E-state index contributed by atoms with van der Waals surface area (Å²) in [4.78, 5) is 4.00. The van der Waals surface area contributed by atoms with Crippen LogP contribution in [0.3, 0.4) is 0 Å².